The summed E-state index contributed by atoms with van der Waals surface area (Å²) in [6.07, 6.45) is 4.94. The lowest BCUT2D eigenvalue weighted by Gasteiger charge is -2.06. The predicted molar refractivity (Wildman–Crippen MR) is 74.8 cm³/mol. The number of hydrogen-bond acceptors (Lipinski definition) is 5. The zero-order chi connectivity index (χ0) is 13.8. The van der Waals surface area contributed by atoms with E-state index in [-0.39, 0.29) is 5.75 Å². The Bertz CT molecular complexity index is 627. The SMILES string of the molecule is CS(=O)CCn1c(SCC(=O)O)nc2cnccc21. The van der Waals surface area contributed by atoms with Gasteiger partial charge in [-0.3, -0.25) is 14.0 Å². The molecule has 0 bridgehead atoms. The second-order valence-corrected chi connectivity index (χ2v) is 6.37. The third-order valence-corrected chi connectivity index (χ3v) is 4.16. The number of nitrogens with zero attached hydrogens (tertiary/aromatic N) is 3. The number of rotatable bonds is 6. The van der Waals surface area contributed by atoms with Gasteiger partial charge < -0.3 is 9.67 Å². The molecule has 0 spiro atoms. The molecule has 2 heterocycles. The van der Waals surface area contributed by atoms with E-state index < -0.39 is 16.8 Å². The van der Waals surface area contributed by atoms with Gasteiger partial charge in [0, 0.05) is 35.5 Å². The van der Waals surface area contributed by atoms with E-state index in [9.17, 15) is 9.00 Å². The maximum Gasteiger partial charge on any atom is 0.313 e. The lowest BCUT2D eigenvalue weighted by Crippen LogP contribution is -2.08. The molecule has 0 aliphatic heterocycles. The summed E-state index contributed by atoms with van der Waals surface area (Å²) < 4.78 is 13.1. The van der Waals surface area contributed by atoms with Crippen molar-refractivity contribution in [2.75, 3.05) is 17.8 Å². The van der Waals surface area contributed by atoms with E-state index in [1.807, 2.05) is 10.6 Å². The van der Waals surface area contributed by atoms with Crippen LogP contribution in [0, 0.1) is 0 Å². The van der Waals surface area contributed by atoms with E-state index in [1.54, 1.807) is 18.6 Å². The van der Waals surface area contributed by atoms with Gasteiger partial charge in [0.25, 0.3) is 0 Å². The summed E-state index contributed by atoms with van der Waals surface area (Å²) in [6, 6.07) is 1.83. The zero-order valence-electron chi connectivity index (χ0n) is 10.3. The van der Waals surface area contributed by atoms with E-state index in [2.05, 4.69) is 9.97 Å². The molecule has 0 saturated heterocycles. The highest BCUT2D eigenvalue weighted by atomic mass is 32.2. The fourth-order valence-electron chi connectivity index (χ4n) is 1.63. The molecule has 0 fully saturated rings. The summed E-state index contributed by atoms with van der Waals surface area (Å²) in [7, 11) is -0.904. The Morgan fingerprint density at radius 3 is 3.05 bits per heavy atom. The molecule has 1 N–H and O–H groups in total. The normalized spacial score (nSPS) is 12.7. The van der Waals surface area contributed by atoms with Crippen LogP contribution >= 0.6 is 11.8 Å². The summed E-state index contributed by atoms with van der Waals surface area (Å²) in [5.41, 5.74) is 1.60. The summed E-state index contributed by atoms with van der Waals surface area (Å²) in [6.45, 7) is 0.547. The van der Waals surface area contributed by atoms with Crippen molar-refractivity contribution in [2.24, 2.45) is 0 Å². The first kappa shape index (κ1) is 14.0. The standard InChI is InChI=1S/C11H13N3O3S2/c1-19(17)5-4-14-9-2-3-12-6-8(9)13-11(14)18-7-10(15)16/h2-3,6H,4-5,7H2,1H3,(H,15,16). The Hall–Kier alpha value is -1.41. The molecule has 0 amide bonds. The number of carbonyl (C=O) groups is 1. The first-order valence-electron chi connectivity index (χ1n) is 5.53. The fraction of sp³-hybridized carbons (Fsp3) is 0.364. The minimum absolute atomic E-state index is 0.0496. The average molecular weight is 299 g/mol. The number of aryl methyl sites for hydroxylation is 1. The van der Waals surface area contributed by atoms with Gasteiger partial charge >= 0.3 is 5.97 Å². The molecule has 0 aliphatic rings. The number of aliphatic carboxylic acids is 1. The van der Waals surface area contributed by atoms with Crippen LogP contribution in [0.25, 0.3) is 11.0 Å². The van der Waals surface area contributed by atoms with Crippen molar-refractivity contribution >= 4 is 39.6 Å². The lowest BCUT2D eigenvalue weighted by molar-refractivity contribution is -0.133. The van der Waals surface area contributed by atoms with Crippen molar-refractivity contribution < 1.29 is 14.1 Å². The average Bonchev–Trinajstić information content (AvgIpc) is 2.71. The molecule has 2 aromatic rings. The van der Waals surface area contributed by atoms with E-state index in [4.69, 9.17) is 5.11 Å². The molecular formula is C11H13N3O3S2. The van der Waals surface area contributed by atoms with E-state index in [1.165, 1.54) is 0 Å². The maximum absolute atomic E-state index is 11.2. The Labute approximate surface area is 116 Å². The van der Waals surface area contributed by atoms with Crippen LogP contribution in [0.4, 0.5) is 0 Å². The third-order valence-electron chi connectivity index (χ3n) is 2.44. The van der Waals surface area contributed by atoms with Crippen LogP contribution in [-0.2, 0) is 22.1 Å². The molecule has 0 saturated carbocycles. The molecule has 8 heteroatoms. The zero-order valence-corrected chi connectivity index (χ0v) is 11.9. The largest absolute Gasteiger partial charge is 0.481 e. The van der Waals surface area contributed by atoms with Crippen LogP contribution in [-0.4, -0.2) is 47.6 Å². The van der Waals surface area contributed by atoms with Gasteiger partial charge in [0.15, 0.2) is 5.16 Å². The fourth-order valence-corrected chi connectivity index (χ4v) is 2.83. The Morgan fingerprint density at radius 1 is 1.58 bits per heavy atom. The molecule has 2 rings (SSSR count). The number of hydrogen-bond donors (Lipinski definition) is 1. The van der Waals surface area contributed by atoms with Crippen molar-refractivity contribution in [1.82, 2.24) is 14.5 Å². The smallest absolute Gasteiger partial charge is 0.313 e. The Morgan fingerprint density at radius 2 is 2.37 bits per heavy atom. The maximum atomic E-state index is 11.2. The van der Waals surface area contributed by atoms with E-state index >= 15 is 0 Å². The van der Waals surface area contributed by atoms with Crippen LogP contribution in [0.2, 0.25) is 0 Å². The number of thioether (sulfide) groups is 1. The number of pyridine rings is 1. The van der Waals surface area contributed by atoms with Gasteiger partial charge in [-0.2, -0.15) is 0 Å². The number of carboxylic acid groups (broad SMARTS) is 1. The minimum Gasteiger partial charge on any atom is -0.481 e. The highest BCUT2D eigenvalue weighted by Crippen LogP contribution is 2.23. The Balaban J connectivity index is 2.33. The minimum atomic E-state index is -0.904. The van der Waals surface area contributed by atoms with Gasteiger partial charge in [-0.1, -0.05) is 11.8 Å². The van der Waals surface area contributed by atoms with Gasteiger partial charge in [-0.15, -0.1) is 0 Å². The van der Waals surface area contributed by atoms with Crippen molar-refractivity contribution in [3.63, 3.8) is 0 Å². The predicted octanol–water partition coefficient (Wildman–Crippen LogP) is 0.986. The molecule has 2 aromatic heterocycles. The monoisotopic (exact) mass is 299 g/mol. The molecule has 1 atom stereocenters. The van der Waals surface area contributed by atoms with Crippen LogP contribution in [0.15, 0.2) is 23.6 Å². The van der Waals surface area contributed by atoms with Crippen LogP contribution < -0.4 is 0 Å². The van der Waals surface area contributed by atoms with Crippen molar-refractivity contribution in [3.8, 4) is 0 Å². The summed E-state index contributed by atoms with van der Waals surface area (Å²) in [5.74, 6) is -0.429. The number of imidazole rings is 1. The van der Waals surface area contributed by atoms with Gasteiger partial charge in [0.1, 0.15) is 5.52 Å². The van der Waals surface area contributed by atoms with Gasteiger partial charge in [0.05, 0.1) is 17.5 Å². The molecule has 0 aliphatic carbocycles. The number of aromatic nitrogens is 3. The first-order valence-corrected chi connectivity index (χ1v) is 8.24. The summed E-state index contributed by atoms with van der Waals surface area (Å²) in [4.78, 5) is 19.0. The highest BCUT2D eigenvalue weighted by Gasteiger charge is 2.12. The third kappa shape index (κ3) is 3.54. The van der Waals surface area contributed by atoms with Crippen LogP contribution in [0.5, 0.6) is 0 Å². The van der Waals surface area contributed by atoms with Gasteiger partial charge in [0.2, 0.25) is 0 Å². The quantitative estimate of drug-likeness (QED) is 0.801. The van der Waals surface area contributed by atoms with Gasteiger partial charge in [-0.05, 0) is 6.07 Å². The molecule has 0 aromatic carbocycles. The molecule has 19 heavy (non-hydrogen) atoms. The van der Waals surface area contributed by atoms with Crippen molar-refractivity contribution in [3.05, 3.63) is 18.5 Å². The molecule has 102 valence electrons. The van der Waals surface area contributed by atoms with E-state index in [0.29, 0.717) is 17.5 Å². The summed E-state index contributed by atoms with van der Waals surface area (Å²) in [5, 5.41) is 9.36. The number of fused-ring (bicyclic) bond motifs is 1. The first-order chi connectivity index (χ1) is 9.08. The number of carboxylic acids is 1. The summed E-state index contributed by atoms with van der Waals surface area (Å²) >= 11 is 1.16. The second-order valence-electron chi connectivity index (χ2n) is 3.87. The molecular weight excluding hydrogens is 286 g/mol. The van der Waals surface area contributed by atoms with Crippen molar-refractivity contribution in [1.29, 1.82) is 0 Å². The van der Waals surface area contributed by atoms with Crippen LogP contribution in [0.1, 0.15) is 0 Å². The van der Waals surface area contributed by atoms with Crippen molar-refractivity contribution in [2.45, 2.75) is 11.7 Å². The lowest BCUT2D eigenvalue weighted by atomic mass is 10.4. The topological polar surface area (TPSA) is 85.1 Å². The molecule has 0 radical (unpaired) electrons. The van der Waals surface area contributed by atoms with Crippen LogP contribution in [0.3, 0.4) is 0 Å². The Kier molecular flexibility index (Phi) is 4.54. The van der Waals surface area contributed by atoms with E-state index in [0.717, 1.165) is 22.8 Å². The second kappa shape index (κ2) is 6.16. The molecule has 1 unspecified atom stereocenters. The highest BCUT2D eigenvalue weighted by molar-refractivity contribution is 7.99. The molecule has 6 nitrogen and oxygen atoms in total. The van der Waals surface area contributed by atoms with Gasteiger partial charge in [-0.25, -0.2) is 4.98 Å².